The highest BCUT2D eigenvalue weighted by molar-refractivity contribution is 5.69. The van der Waals surface area contributed by atoms with Gasteiger partial charge in [0.25, 0.3) is 0 Å². The summed E-state index contributed by atoms with van der Waals surface area (Å²) in [6.45, 7) is 7.11. The Morgan fingerprint density at radius 1 is 0.485 bits per heavy atom. The van der Waals surface area contributed by atoms with Gasteiger partial charge in [0.1, 0.15) is 0 Å². The molecule has 0 aliphatic heterocycles. The predicted octanol–water partition coefficient (Wildman–Crippen LogP) is 9.93. The zero-order valence-corrected chi connectivity index (χ0v) is 23.1. The van der Waals surface area contributed by atoms with Crippen LogP contribution >= 0.6 is 0 Å². The van der Waals surface area contributed by atoms with Crippen molar-refractivity contribution in [2.45, 2.75) is 175 Å². The number of carbonyl (C=O) groups excluding carboxylic acids is 1. The van der Waals surface area contributed by atoms with Gasteiger partial charge in [-0.2, -0.15) is 0 Å². The van der Waals surface area contributed by atoms with Gasteiger partial charge in [-0.1, -0.05) is 149 Å². The summed E-state index contributed by atoms with van der Waals surface area (Å²) in [4.78, 5) is 11.8. The van der Waals surface area contributed by atoms with E-state index >= 15 is 0 Å². The molecular weight excluding hydrogens is 408 g/mol. The van der Waals surface area contributed by atoms with Crippen LogP contribution in [0.3, 0.4) is 0 Å². The zero-order chi connectivity index (χ0) is 24.7. The molecule has 0 unspecified atom stereocenters. The third kappa shape index (κ3) is 36.2. The highest BCUT2D eigenvalue weighted by Gasteiger charge is 2.02. The molecule has 33 heavy (non-hydrogen) atoms. The molecule has 0 fully saturated rings. The lowest BCUT2D eigenvalue weighted by atomic mass is 10.0. The SMILES string of the molecule is CCCCCCCCCCCCCCCC(=O)OCCCCCCCCCCCC.CCO. The monoisotopic (exact) mass is 470 g/mol. The smallest absolute Gasteiger partial charge is 0.305 e. The maximum absolute atomic E-state index is 11.8. The van der Waals surface area contributed by atoms with Gasteiger partial charge in [-0.3, -0.25) is 4.79 Å². The topological polar surface area (TPSA) is 46.5 Å². The number of esters is 1. The first-order valence-corrected chi connectivity index (χ1v) is 15.0. The van der Waals surface area contributed by atoms with E-state index in [9.17, 15) is 4.79 Å². The lowest BCUT2D eigenvalue weighted by molar-refractivity contribution is -0.143. The van der Waals surface area contributed by atoms with Gasteiger partial charge in [0.2, 0.25) is 0 Å². The van der Waals surface area contributed by atoms with Crippen LogP contribution in [0.15, 0.2) is 0 Å². The van der Waals surface area contributed by atoms with E-state index in [1.165, 1.54) is 135 Å². The van der Waals surface area contributed by atoms with Crippen LogP contribution in [0.25, 0.3) is 0 Å². The van der Waals surface area contributed by atoms with E-state index in [0.29, 0.717) is 13.0 Å². The summed E-state index contributed by atoms with van der Waals surface area (Å²) in [5.41, 5.74) is 0. The summed E-state index contributed by atoms with van der Waals surface area (Å²) >= 11 is 0. The van der Waals surface area contributed by atoms with E-state index < -0.39 is 0 Å². The van der Waals surface area contributed by atoms with E-state index in [1.54, 1.807) is 6.92 Å². The van der Waals surface area contributed by atoms with Crippen molar-refractivity contribution in [1.82, 2.24) is 0 Å². The number of hydrogen-bond acceptors (Lipinski definition) is 3. The normalized spacial score (nSPS) is 10.7. The Balaban J connectivity index is 0. The molecule has 0 bridgehead atoms. The van der Waals surface area contributed by atoms with Gasteiger partial charge in [-0.15, -0.1) is 0 Å². The lowest BCUT2D eigenvalue weighted by Gasteiger charge is -2.06. The molecule has 0 aromatic heterocycles. The van der Waals surface area contributed by atoms with Crippen molar-refractivity contribution < 1.29 is 14.6 Å². The molecule has 0 aliphatic carbocycles. The van der Waals surface area contributed by atoms with E-state index in [1.807, 2.05) is 0 Å². The van der Waals surface area contributed by atoms with Gasteiger partial charge < -0.3 is 9.84 Å². The maximum atomic E-state index is 11.8. The van der Waals surface area contributed by atoms with Crippen molar-refractivity contribution in [3.8, 4) is 0 Å². The Morgan fingerprint density at radius 3 is 1.09 bits per heavy atom. The van der Waals surface area contributed by atoms with Crippen LogP contribution in [0.1, 0.15) is 175 Å². The van der Waals surface area contributed by atoms with E-state index in [4.69, 9.17) is 9.84 Å². The minimum atomic E-state index is 0.0222. The quantitative estimate of drug-likeness (QED) is 0.107. The molecule has 200 valence electrons. The van der Waals surface area contributed by atoms with Crippen LogP contribution < -0.4 is 0 Å². The molecule has 3 nitrogen and oxygen atoms in total. The predicted molar refractivity (Wildman–Crippen MR) is 146 cm³/mol. The first-order chi connectivity index (χ1) is 16.2. The molecule has 0 saturated carbocycles. The average Bonchev–Trinajstić information content (AvgIpc) is 2.81. The fourth-order valence-electron chi connectivity index (χ4n) is 4.13. The van der Waals surface area contributed by atoms with Crippen LogP contribution in [-0.2, 0) is 9.53 Å². The summed E-state index contributed by atoms with van der Waals surface area (Å²) in [6, 6.07) is 0. The van der Waals surface area contributed by atoms with E-state index in [-0.39, 0.29) is 12.6 Å². The number of rotatable bonds is 25. The first-order valence-electron chi connectivity index (χ1n) is 15.0. The van der Waals surface area contributed by atoms with Crippen molar-refractivity contribution in [3.05, 3.63) is 0 Å². The second-order valence-corrected chi connectivity index (χ2v) is 9.71. The van der Waals surface area contributed by atoms with Gasteiger partial charge in [0.05, 0.1) is 6.61 Å². The Labute approximate surface area is 208 Å². The molecule has 0 spiro atoms. The second-order valence-electron chi connectivity index (χ2n) is 9.71. The summed E-state index contributed by atoms with van der Waals surface area (Å²) in [6.07, 6.45) is 31.3. The highest BCUT2D eigenvalue weighted by atomic mass is 16.5. The van der Waals surface area contributed by atoms with Crippen molar-refractivity contribution in [2.75, 3.05) is 13.2 Å². The van der Waals surface area contributed by atoms with Gasteiger partial charge in [-0.05, 0) is 19.8 Å². The fraction of sp³-hybridized carbons (Fsp3) is 0.967. The van der Waals surface area contributed by atoms with Crippen LogP contribution in [0.2, 0.25) is 0 Å². The zero-order valence-electron chi connectivity index (χ0n) is 23.1. The van der Waals surface area contributed by atoms with Gasteiger partial charge in [0, 0.05) is 13.0 Å². The molecule has 0 aliphatic rings. The largest absolute Gasteiger partial charge is 0.466 e. The summed E-state index contributed by atoms with van der Waals surface area (Å²) in [5.74, 6) is 0.0222. The molecular formula is C30H62O3. The molecule has 0 radical (unpaired) electrons. The average molecular weight is 471 g/mol. The van der Waals surface area contributed by atoms with Gasteiger partial charge in [-0.25, -0.2) is 0 Å². The second kappa shape index (κ2) is 33.6. The molecule has 0 aromatic rings. The highest BCUT2D eigenvalue weighted by Crippen LogP contribution is 2.13. The summed E-state index contributed by atoms with van der Waals surface area (Å²) in [5, 5.41) is 7.57. The first kappa shape index (κ1) is 34.6. The number of carbonyl (C=O) groups is 1. The number of aliphatic hydroxyl groups is 1. The van der Waals surface area contributed by atoms with Crippen molar-refractivity contribution in [3.63, 3.8) is 0 Å². The summed E-state index contributed by atoms with van der Waals surface area (Å²) < 4.78 is 5.38. The van der Waals surface area contributed by atoms with Gasteiger partial charge >= 0.3 is 5.97 Å². The molecule has 0 heterocycles. The fourth-order valence-corrected chi connectivity index (χ4v) is 4.13. The minimum absolute atomic E-state index is 0.0222. The Hall–Kier alpha value is -0.570. The number of ether oxygens (including phenoxy) is 1. The lowest BCUT2D eigenvalue weighted by Crippen LogP contribution is -2.05. The number of unbranched alkanes of at least 4 members (excludes halogenated alkanes) is 21. The van der Waals surface area contributed by atoms with E-state index in [0.717, 1.165) is 12.8 Å². The number of hydrogen-bond donors (Lipinski definition) is 1. The molecule has 0 saturated heterocycles. The van der Waals surface area contributed by atoms with Crippen LogP contribution in [0.5, 0.6) is 0 Å². The molecule has 0 rings (SSSR count). The minimum Gasteiger partial charge on any atom is -0.466 e. The van der Waals surface area contributed by atoms with Crippen LogP contribution in [-0.4, -0.2) is 24.3 Å². The number of aliphatic hydroxyl groups excluding tert-OH is 1. The molecule has 3 heteroatoms. The molecule has 0 amide bonds. The Kier molecular flexibility index (Phi) is 35.2. The van der Waals surface area contributed by atoms with Crippen LogP contribution in [0.4, 0.5) is 0 Å². The maximum Gasteiger partial charge on any atom is 0.305 e. The summed E-state index contributed by atoms with van der Waals surface area (Å²) in [7, 11) is 0. The molecule has 0 atom stereocenters. The third-order valence-corrected chi connectivity index (χ3v) is 6.25. The van der Waals surface area contributed by atoms with Crippen molar-refractivity contribution in [1.29, 1.82) is 0 Å². The van der Waals surface area contributed by atoms with Crippen molar-refractivity contribution in [2.24, 2.45) is 0 Å². The molecule has 0 aromatic carbocycles. The van der Waals surface area contributed by atoms with E-state index in [2.05, 4.69) is 13.8 Å². The van der Waals surface area contributed by atoms with Crippen LogP contribution in [0, 0.1) is 0 Å². The Morgan fingerprint density at radius 2 is 0.758 bits per heavy atom. The Bertz CT molecular complexity index is 343. The van der Waals surface area contributed by atoms with Crippen molar-refractivity contribution >= 4 is 5.97 Å². The molecule has 1 N–H and O–H groups in total. The third-order valence-electron chi connectivity index (χ3n) is 6.25. The standard InChI is InChI=1S/C28H56O2.C2H6O/c1-3-5-7-9-11-13-15-16-17-18-20-22-24-26-28(29)30-27-25-23-21-19-14-12-10-8-6-4-2;1-2-3/h3-27H2,1-2H3;3H,2H2,1H3. The van der Waals surface area contributed by atoms with Gasteiger partial charge in [0.15, 0.2) is 0 Å².